The molecule has 2 fully saturated rings. The van der Waals surface area contributed by atoms with Gasteiger partial charge in [-0.05, 0) is 36.8 Å². The number of halogens is 1. The highest BCUT2D eigenvalue weighted by Gasteiger charge is 2.49. The molecule has 4 rings (SSSR count). The van der Waals surface area contributed by atoms with Gasteiger partial charge in [-0.25, -0.2) is 14.4 Å². The van der Waals surface area contributed by atoms with Crippen molar-refractivity contribution in [2.75, 3.05) is 18.4 Å². The van der Waals surface area contributed by atoms with Crippen molar-refractivity contribution in [2.45, 2.75) is 25.3 Å². The average Bonchev–Trinajstić information content (AvgIpc) is 3.00. The van der Waals surface area contributed by atoms with Crippen molar-refractivity contribution < 1.29 is 9.18 Å². The smallest absolute Gasteiger partial charge is 0.255 e. The Balaban J connectivity index is 1.35. The Morgan fingerprint density at radius 2 is 2.08 bits per heavy atom. The Labute approximate surface area is 139 Å². The summed E-state index contributed by atoms with van der Waals surface area (Å²) < 4.78 is 13.2. The summed E-state index contributed by atoms with van der Waals surface area (Å²) in [5.41, 5.74) is 0.488. The Bertz CT molecular complexity index is 748. The highest BCUT2D eigenvalue weighted by molar-refractivity contribution is 5.94. The molecule has 0 atom stereocenters. The topological polar surface area (TPSA) is 71.0 Å². The first-order valence-corrected chi connectivity index (χ1v) is 8.07. The van der Waals surface area contributed by atoms with Crippen LogP contribution in [-0.4, -0.2) is 44.9 Å². The molecule has 1 amide bonds. The van der Waals surface area contributed by atoms with E-state index in [9.17, 15) is 9.18 Å². The number of hydrogen-bond donors (Lipinski definition) is 1. The highest BCUT2D eigenvalue weighted by atomic mass is 19.1. The van der Waals surface area contributed by atoms with Gasteiger partial charge in [-0.1, -0.05) is 0 Å². The Hall–Kier alpha value is -2.57. The monoisotopic (exact) mass is 327 g/mol. The normalized spacial score (nSPS) is 25.5. The van der Waals surface area contributed by atoms with Crippen LogP contribution in [-0.2, 0) is 0 Å². The number of likely N-dealkylation sites (tertiary alicyclic amines) is 1. The molecule has 0 unspecified atom stereocenters. The van der Waals surface area contributed by atoms with Crippen molar-refractivity contribution in [1.82, 2.24) is 19.9 Å². The molecular weight excluding hydrogens is 309 g/mol. The van der Waals surface area contributed by atoms with E-state index in [0.29, 0.717) is 24.1 Å². The Morgan fingerprint density at radius 3 is 2.83 bits per heavy atom. The van der Waals surface area contributed by atoms with E-state index in [-0.39, 0.29) is 11.3 Å². The summed E-state index contributed by atoms with van der Waals surface area (Å²) in [5, 5.41) is 3.33. The summed E-state index contributed by atoms with van der Waals surface area (Å²) in [4.78, 5) is 26.4. The molecule has 2 aromatic rings. The van der Waals surface area contributed by atoms with Crippen molar-refractivity contribution >= 4 is 11.9 Å². The molecule has 24 heavy (non-hydrogen) atoms. The van der Waals surface area contributed by atoms with E-state index in [1.54, 1.807) is 18.5 Å². The average molecular weight is 327 g/mol. The third-order valence-corrected chi connectivity index (χ3v) is 4.94. The lowest BCUT2D eigenvalue weighted by Crippen LogP contribution is -2.47. The van der Waals surface area contributed by atoms with Gasteiger partial charge >= 0.3 is 0 Å². The molecule has 2 aliphatic rings. The zero-order chi connectivity index (χ0) is 16.6. The van der Waals surface area contributed by atoms with E-state index in [2.05, 4.69) is 20.3 Å². The fourth-order valence-corrected chi connectivity index (χ4v) is 3.80. The first-order valence-electron chi connectivity index (χ1n) is 8.07. The molecule has 0 bridgehead atoms. The van der Waals surface area contributed by atoms with Crippen LogP contribution in [0.15, 0.2) is 36.9 Å². The lowest BCUT2D eigenvalue weighted by Gasteiger charge is -2.45. The number of amides is 1. The summed E-state index contributed by atoms with van der Waals surface area (Å²) >= 11 is 0. The highest BCUT2D eigenvalue weighted by Crippen LogP contribution is 2.49. The second kappa shape index (κ2) is 5.81. The minimum absolute atomic E-state index is 0.137. The van der Waals surface area contributed by atoms with Gasteiger partial charge in [0, 0.05) is 37.7 Å². The fraction of sp³-hybridized carbons (Fsp3) is 0.412. The molecule has 1 saturated carbocycles. The van der Waals surface area contributed by atoms with E-state index in [4.69, 9.17) is 0 Å². The van der Waals surface area contributed by atoms with Crippen molar-refractivity contribution in [3.63, 3.8) is 0 Å². The zero-order valence-corrected chi connectivity index (χ0v) is 13.2. The van der Waals surface area contributed by atoms with Crippen LogP contribution in [0.5, 0.6) is 0 Å². The molecule has 0 radical (unpaired) electrons. The maximum atomic E-state index is 13.2. The molecule has 1 N–H and O–H groups in total. The molecule has 124 valence electrons. The number of carbonyl (C=O) groups is 1. The first-order chi connectivity index (χ1) is 11.6. The quantitative estimate of drug-likeness (QED) is 0.935. The van der Waals surface area contributed by atoms with E-state index in [1.165, 1.54) is 12.3 Å². The van der Waals surface area contributed by atoms with E-state index >= 15 is 0 Å². The van der Waals surface area contributed by atoms with Gasteiger partial charge in [0.1, 0.15) is 5.82 Å². The van der Waals surface area contributed by atoms with Crippen LogP contribution in [0.1, 0.15) is 29.6 Å². The van der Waals surface area contributed by atoms with Crippen LogP contribution in [0.25, 0.3) is 0 Å². The molecule has 6 nitrogen and oxygen atoms in total. The molecule has 2 aromatic heterocycles. The molecule has 1 aliphatic heterocycles. The third kappa shape index (κ3) is 2.81. The van der Waals surface area contributed by atoms with Gasteiger partial charge in [0.05, 0.1) is 11.8 Å². The lowest BCUT2D eigenvalue weighted by atomic mass is 9.65. The molecule has 0 aromatic carbocycles. The number of aromatic nitrogens is 3. The minimum atomic E-state index is -0.481. The minimum Gasteiger partial charge on any atom is -0.351 e. The van der Waals surface area contributed by atoms with Gasteiger partial charge in [0.15, 0.2) is 0 Å². The van der Waals surface area contributed by atoms with Crippen molar-refractivity contribution in [3.8, 4) is 0 Å². The SMILES string of the molecule is O=C(c1cncc(F)c1)N1CCC2(CC(Nc3ncccn3)C2)C1. The molecule has 1 saturated heterocycles. The maximum Gasteiger partial charge on any atom is 0.255 e. The van der Waals surface area contributed by atoms with E-state index in [1.807, 2.05) is 4.90 Å². The van der Waals surface area contributed by atoms with Crippen molar-refractivity contribution in [2.24, 2.45) is 5.41 Å². The van der Waals surface area contributed by atoms with Gasteiger partial charge in [-0.15, -0.1) is 0 Å². The van der Waals surface area contributed by atoms with Gasteiger partial charge in [-0.3, -0.25) is 9.78 Å². The first kappa shape index (κ1) is 15.0. The largest absolute Gasteiger partial charge is 0.351 e. The summed E-state index contributed by atoms with van der Waals surface area (Å²) in [6, 6.07) is 3.38. The van der Waals surface area contributed by atoms with Crippen LogP contribution in [0.4, 0.5) is 10.3 Å². The predicted octanol–water partition coefficient (Wildman–Crippen LogP) is 2.12. The molecular formula is C17H18FN5O. The standard InChI is InChI=1S/C17H18FN5O/c18-13-6-12(9-19-10-13)15(24)23-5-2-17(11-23)7-14(8-17)22-16-20-3-1-4-21-16/h1,3-4,6,9-10,14H,2,5,7-8,11H2,(H,20,21,22). The van der Waals surface area contributed by atoms with Crippen LogP contribution >= 0.6 is 0 Å². The summed E-state index contributed by atoms with van der Waals surface area (Å²) in [6.07, 6.45) is 8.94. The second-order valence-corrected chi connectivity index (χ2v) is 6.69. The van der Waals surface area contributed by atoms with E-state index < -0.39 is 5.82 Å². The number of nitrogens with zero attached hydrogens (tertiary/aromatic N) is 4. The Morgan fingerprint density at radius 1 is 1.29 bits per heavy atom. The van der Waals surface area contributed by atoms with Gasteiger partial charge in [-0.2, -0.15) is 0 Å². The number of carbonyl (C=O) groups excluding carboxylic acids is 1. The third-order valence-electron chi connectivity index (χ3n) is 4.94. The second-order valence-electron chi connectivity index (χ2n) is 6.69. The van der Waals surface area contributed by atoms with Crippen LogP contribution in [0.3, 0.4) is 0 Å². The maximum absolute atomic E-state index is 13.2. The number of pyridine rings is 1. The van der Waals surface area contributed by atoms with Gasteiger partial charge in [0.25, 0.3) is 5.91 Å². The Kier molecular flexibility index (Phi) is 3.63. The van der Waals surface area contributed by atoms with Crippen LogP contribution < -0.4 is 5.32 Å². The number of nitrogens with one attached hydrogen (secondary N) is 1. The number of anilines is 1. The van der Waals surface area contributed by atoms with E-state index in [0.717, 1.165) is 32.0 Å². The molecule has 1 aliphatic carbocycles. The van der Waals surface area contributed by atoms with Crippen LogP contribution in [0, 0.1) is 11.2 Å². The molecule has 1 spiro atoms. The summed E-state index contributed by atoms with van der Waals surface area (Å²) in [5.74, 6) is 0.0290. The number of hydrogen-bond acceptors (Lipinski definition) is 5. The molecule has 7 heteroatoms. The lowest BCUT2D eigenvalue weighted by molar-refractivity contribution is 0.0715. The number of rotatable bonds is 3. The fourth-order valence-electron chi connectivity index (χ4n) is 3.80. The zero-order valence-electron chi connectivity index (χ0n) is 13.2. The van der Waals surface area contributed by atoms with Crippen molar-refractivity contribution in [1.29, 1.82) is 0 Å². The van der Waals surface area contributed by atoms with Gasteiger partial charge < -0.3 is 10.2 Å². The van der Waals surface area contributed by atoms with Crippen LogP contribution in [0.2, 0.25) is 0 Å². The summed E-state index contributed by atoms with van der Waals surface area (Å²) in [7, 11) is 0. The van der Waals surface area contributed by atoms with Gasteiger partial charge in [0.2, 0.25) is 5.95 Å². The molecule has 3 heterocycles. The van der Waals surface area contributed by atoms with Crippen molar-refractivity contribution in [3.05, 3.63) is 48.3 Å². The summed E-state index contributed by atoms with van der Waals surface area (Å²) in [6.45, 7) is 1.43. The predicted molar refractivity (Wildman–Crippen MR) is 85.8 cm³/mol.